The van der Waals surface area contributed by atoms with Crippen LogP contribution in [0.5, 0.6) is 23.0 Å². The summed E-state index contributed by atoms with van der Waals surface area (Å²) < 4.78 is 14.9. The molecule has 216 valence electrons. The fourth-order valence-corrected chi connectivity index (χ4v) is 5.40. The van der Waals surface area contributed by atoms with Crippen molar-refractivity contribution in [2.24, 2.45) is 17.8 Å². The number of ketones is 1. The monoisotopic (exact) mass is 568 g/mol. The summed E-state index contributed by atoms with van der Waals surface area (Å²) in [5.41, 5.74) is 1.02. The maximum Gasteiger partial charge on any atom is 0.347 e. The van der Waals surface area contributed by atoms with Gasteiger partial charge in [-0.15, -0.1) is 0 Å². The number of fused-ring (bicyclic) bond motifs is 2. The Labute approximate surface area is 233 Å². The van der Waals surface area contributed by atoms with Crippen molar-refractivity contribution in [2.45, 2.75) is 24.5 Å². The Hall–Kier alpha value is -4.84. The van der Waals surface area contributed by atoms with Crippen molar-refractivity contribution in [3.8, 4) is 23.0 Å². The van der Waals surface area contributed by atoms with E-state index in [0.29, 0.717) is 11.1 Å². The minimum atomic E-state index is -1.59. The average molecular weight is 569 g/mol. The van der Waals surface area contributed by atoms with E-state index in [-0.39, 0.29) is 23.5 Å². The molecule has 0 saturated heterocycles. The van der Waals surface area contributed by atoms with Crippen LogP contribution in [0, 0.1) is 17.8 Å². The van der Waals surface area contributed by atoms with Gasteiger partial charge in [-0.3, -0.25) is 9.59 Å². The zero-order chi connectivity index (χ0) is 30.0. The van der Waals surface area contributed by atoms with Crippen LogP contribution in [0.4, 0.5) is 0 Å². The van der Waals surface area contributed by atoms with E-state index >= 15 is 0 Å². The molecule has 5 N–H and O–H groups in total. The van der Waals surface area contributed by atoms with Gasteiger partial charge in [-0.05, 0) is 41.0 Å². The number of carbonyl (C=O) groups is 4. The number of allylic oxidation sites excluding steroid dienone is 2. The van der Waals surface area contributed by atoms with Gasteiger partial charge in [0.1, 0.15) is 6.10 Å². The summed E-state index contributed by atoms with van der Waals surface area (Å²) in [7, 11) is 2.26. The lowest BCUT2D eigenvalue weighted by molar-refractivity contribution is -0.162. The van der Waals surface area contributed by atoms with Crippen LogP contribution >= 0.6 is 0 Å². The fraction of sp³-hybridized carbons (Fsp3) is 0.310. The molecule has 0 amide bonds. The van der Waals surface area contributed by atoms with Crippen molar-refractivity contribution >= 4 is 23.7 Å². The van der Waals surface area contributed by atoms with E-state index in [2.05, 4.69) is 0 Å². The first-order valence-electron chi connectivity index (χ1n) is 12.5. The summed E-state index contributed by atoms with van der Waals surface area (Å²) in [6.07, 6.45) is 0.595. The quantitative estimate of drug-likeness (QED) is 0.133. The van der Waals surface area contributed by atoms with Gasteiger partial charge < -0.3 is 39.7 Å². The number of hydrogen-bond donors (Lipinski definition) is 5. The summed E-state index contributed by atoms with van der Waals surface area (Å²) in [6, 6.07) is 7.75. The molecule has 1 unspecified atom stereocenters. The minimum absolute atomic E-state index is 0.174. The van der Waals surface area contributed by atoms with Crippen LogP contribution in [0.15, 0.2) is 60.2 Å². The highest BCUT2D eigenvalue weighted by atomic mass is 16.6. The van der Waals surface area contributed by atoms with Gasteiger partial charge in [0.2, 0.25) is 6.10 Å². The summed E-state index contributed by atoms with van der Waals surface area (Å²) in [6.45, 7) is 0. The van der Waals surface area contributed by atoms with Crippen LogP contribution in [-0.2, 0) is 39.8 Å². The van der Waals surface area contributed by atoms with Crippen LogP contribution < -0.4 is 0 Å². The third-order valence-electron chi connectivity index (χ3n) is 7.33. The average Bonchev–Trinajstić information content (AvgIpc) is 2.95. The number of aliphatic hydroxyl groups excluding tert-OH is 1. The zero-order valence-electron chi connectivity index (χ0n) is 22.0. The fourth-order valence-electron chi connectivity index (χ4n) is 5.40. The van der Waals surface area contributed by atoms with Crippen LogP contribution in [0.25, 0.3) is 0 Å². The largest absolute Gasteiger partial charge is 0.504 e. The predicted octanol–water partition coefficient (Wildman–Crippen LogP) is 1.38. The van der Waals surface area contributed by atoms with E-state index in [9.17, 15) is 44.7 Å². The third kappa shape index (κ3) is 5.73. The van der Waals surface area contributed by atoms with Crippen molar-refractivity contribution in [1.29, 1.82) is 0 Å². The van der Waals surface area contributed by atoms with Crippen molar-refractivity contribution in [3.05, 3.63) is 71.3 Å². The number of phenols is 4. The Bertz CT molecular complexity index is 1440. The van der Waals surface area contributed by atoms with E-state index in [0.717, 1.165) is 20.3 Å². The first-order valence-corrected chi connectivity index (χ1v) is 12.5. The van der Waals surface area contributed by atoms with Gasteiger partial charge in [0, 0.05) is 30.3 Å². The lowest BCUT2D eigenvalue weighted by atomic mass is 9.56. The molecule has 1 fully saturated rings. The van der Waals surface area contributed by atoms with Gasteiger partial charge in [-0.25, -0.2) is 9.59 Å². The van der Waals surface area contributed by atoms with Crippen molar-refractivity contribution in [2.75, 3.05) is 14.2 Å². The van der Waals surface area contributed by atoms with Crippen molar-refractivity contribution in [3.63, 3.8) is 0 Å². The molecule has 6 atom stereocenters. The molecule has 3 aliphatic carbocycles. The van der Waals surface area contributed by atoms with E-state index in [4.69, 9.17) is 14.2 Å². The number of benzene rings is 2. The number of Topliss-reactive ketones (excluding diaryl/α,β-unsaturated/α-hetero) is 1. The SMILES string of the molecule is COC(=O)[C@H]1[C@@H]2C(/C=C\C(=O)O[C@H](Cc3ccc(O)c(O)c3)C(=O)OC)=CC(C(=O)[C@H]2O)[C@@H]1c1ccc(O)c(O)c1. The standard InChI is InChI=1S/C29H28O12/c1-39-28(37)21(10-13-3-6-17(30)19(32)9-13)41-22(34)8-5-14-11-16-23(15-4-7-18(31)20(33)12-15)25(29(38)40-2)24(14)27(36)26(16)35/h3-9,11-12,16,21,23-25,27,30-33,36H,10H2,1-2H3/b8-5-/t16?,21-,23+,24+,25-,27+/m1/s1. The smallest absolute Gasteiger partial charge is 0.347 e. The number of aromatic hydroxyl groups is 4. The van der Waals surface area contributed by atoms with Gasteiger partial charge >= 0.3 is 17.9 Å². The Morgan fingerprint density at radius 3 is 2.17 bits per heavy atom. The first kappa shape index (κ1) is 29.2. The number of aliphatic hydroxyl groups is 1. The molecule has 2 aromatic rings. The lowest BCUT2D eigenvalue weighted by Crippen LogP contribution is -2.55. The Kier molecular flexibility index (Phi) is 8.33. The molecule has 1 saturated carbocycles. The van der Waals surface area contributed by atoms with Gasteiger partial charge in [-0.2, -0.15) is 0 Å². The molecule has 3 aliphatic rings. The van der Waals surface area contributed by atoms with Gasteiger partial charge in [0.05, 0.1) is 20.1 Å². The number of ether oxygens (including phenoxy) is 3. The first-order chi connectivity index (χ1) is 19.5. The van der Waals surface area contributed by atoms with Gasteiger partial charge in [0.25, 0.3) is 0 Å². The highest BCUT2D eigenvalue weighted by molar-refractivity contribution is 5.95. The molecule has 41 heavy (non-hydrogen) atoms. The number of esters is 3. The van der Waals surface area contributed by atoms with E-state index < -0.39 is 71.1 Å². The Balaban J connectivity index is 1.61. The highest BCUT2D eigenvalue weighted by Crippen LogP contribution is 2.52. The maximum absolute atomic E-state index is 13.0. The molecule has 5 rings (SSSR count). The summed E-state index contributed by atoms with van der Waals surface area (Å²) in [4.78, 5) is 50.8. The van der Waals surface area contributed by atoms with E-state index in [1.54, 1.807) is 0 Å². The second-order valence-corrected chi connectivity index (χ2v) is 9.70. The molecule has 0 aliphatic heterocycles. The van der Waals surface area contributed by atoms with Gasteiger partial charge in [0.15, 0.2) is 28.8 Å². The second-order valence-electron chi connectivity index (χ2n) is 9.70. The molecular formula is C29H28O12. The molecule has 0 aromatic heterocycles. The number of hydrogen-bond acceptors (Lipinski definition) is 12. The minimum Gasteiger partial charge on any atom is -0.504 e. The lowest BCUT2D eigenvalue weighted by Gasteiger charge is -2.47. The van der Waals surface area contributed by atoms with Crippen molar-refractivity contribution in [1.82, 2.24) is 0 Å². The maximum atomic E-state index is 13.0. The number of methoxy groups -OCH3 is 2. The van der Waals surface area contributed by atoms with Crippen LogP contribution in [0.1, 0.15) is 17.0 Å². The molecule has 0 radical (unpaired) electrons. The summed E-state index contributed by atoms with van der Waals surface area (Å²) in [5, 5.41) is 49.7. The highest BCUT2D eigenvalue weighted by Gasteiger charge is 2.56. The second kappa shape index (κ2) is 11.7. The molecule has 12 heteroatoms. The third-order valence-corrected chi connectivity index (χ3v) is 7.33. The molecule has 0 heterocycles. The normalized spacial score (nSPS) is 24.0. The molecule has 2 aromatic carbocycles. The molecular weight excluding hydrogens is 540 g/mol. The van der Waals surface area contributed by atoms with Gasteiger partial charge in [-0.1, -0.05) is 24.3 Å². The predicted molar refractivity (Wildman–Crippen MR) is 139 cm³/mol. The topological polar surface area (TPSA) is 197 Å². The van der Waals surface area contributed by atoms with E-state index in [1.165, 1.54) is 48.6 Å². The Morgan fingerprint density at radius 2 is 1.56 bits per heavy atom. The molecule has 2 bridgehead atoms. The number of rotatable bonds is 8. The summed E-state index contributed by atoms with van der Waals surface area (Å²) in [5.74, 6) is -8.80. The number of phenolic OH excluding ortho intramolecular Hbond substituents is 4. The summed E-state index contributed by atoms with van der Waals surface area (Å²) >= 11 is 0. The molecule has 0 spiro atoms. The van der Waals surface area contributed by atoms with Crippen LogP contribution in [-0.4, -0.2) is 75.7 Å². The number of carbonyl (C=O) groups excluding carboxylic acids is 4. The molecule has 12 nitrogen and oxygen atoms in total. The van der Waals surface area contributed by atoms with E-state index in [1.807, 2.05) is 0 Å². The Morgan fingerprint density at radius 1 is 0.902 bits per heavy atom. The van der Waals surface area contributed by atoms with Crippen molar-refractivity contribution < 1.29 is 58.9 Å². The van der Waals surface area contributed by atoms with Crippen LogP contribution in [0.3, 0.4) is 0 Å². The zero-order valence-corrected chi connectivity index (χ0v) is 22.0. The van der Waals surface area contributed by atoms with Crippen LogP contribution in [0.2, 0.25) is 0 Å².